The average Bonchev–Trinajstić information content (AvgIpc) is 3.19. The molecule has 2 aliphatic rings. The van der Waals surface area contributed by atoms with Gasteiger partial charge in [-0.15, -0.1) is 0 Å². The summed E-state index contributed by atoms with van der Waals surface area (Å²) in [5, 5.41) is 2.73. The molecule has 9 heteroatoms. The summed E-state index contributed by atoms with van der Waals surface area (Å²) in [7, 11) is 1.57. The van der Waals surface area contributed by atoms with Crippen molar-refractivity contribution in [2.45, 2.75) is 19.8 Å². The van der Waals surface area contributed by atoms with Crippen LogP contribution >= 0.6 is 0 Å². The van der Waals surface area contributed by atoms with Gasteiger partial charge in [0.2, 0.25) is 5.91 Å². The van der Waals surface area contributed by atoms with Gasteiger partial charge in [0, 0.05) is 44.5 Å². The number of amides is 4. The number of esters is 1. The van der Waals surface area contributed by atoms with Crippen LogP contribution in [0.4, 0.5) is 10.5 Å². The molecule has 0 aliphatic carbocycles. The van der Waals surface area contributed by atoms with E-state index in [4.69, 9.17) is 4.74 Å². The van der Waals surface area contributed by atoms with Gasteiger partial charge >= 0.3 is 12.0 Å². The Balaban J connectivity index is 1.60. The second-order valence-corrected chi connectivity index (χ2v) is 7.53. The van der Waals surface area contributed by atoms with Crippen LogP contribution in [0.25, 0.3) is 0 Å². The van der Waals surface area contributed by atoms with Crippen LogP contribution in [0.5, 0.6) is 0 Å². The number of rotatable bonds is 6. The maximum Gasteiger partial charge on any atom is 0.321 e. The number of nitrogens with zero attached hydrogens (tertiary/aromatic N) is 3. The van der Waals surface area contributed by atoms with E-state index in [1.54, 1.807) is 48.0 Å². The maximum atomic E-state index is 12.8. The maximum absolute atomic E-state index is 12.8. The van der Waals surface area contributed by atoms with Gasteiger partial charge in [0.25, 0.3) is 5.91 Å². The molecule has 0 aromatic heterocycles. The van der Waals surface area contributed by atoms with Crippen LogP contribution in [0, 0.1) is 5.92 Å². The number of carbonyl (C=O) groups is 4. The number of urea groups is 1. The van der Waals surface area contributed by atoms with Crippen molar-refractivity contribution in [1.29, 1.82) is 0 Å². The molecule has 1 N–H and O–H groups in total. The molecule has 1 unspecified atom stereocenters. The lowest BCUT2D eigenvalue weighted by molar-refractivity contribution is -0.151. The van der Waals surface area contributed by atoms with E-state index in [-0.39, 0.29) is 36.3 Å². The van der Waals surface area contributed by atoms with Crippen LogP contribution in [-0.4, -0.2) is 80.0 Å². The molecule has 162 valence electrons. The lowest BCUT2D eigenvalue weighted by Crippen LogP contribution is -2.47. The third-order valence-electron chi connectivity index (χ3n) is 5.37. The molecule has 0 spiro atoms. The van der Waals surface area contributed by atoms with Crippen molar-refractivity contribution in [3.63, 3.8) is 0 Å². The van der Waals surface area contributed by atoms with Crippen LogP contribution in [0.2, 0.25) is 0 Å². The Morgan fingerprint density at radius 3 is 2.77 bits per heavy atom. The zero-order chi connectivity index (χ0) is 21.7. The summed E-state index contributed by atoms with van der Waals surface area (Å²) in [6, 6.07) is 6.63. The average molecular weight is 416 g/mol. The van der Waals surface area contributed by atoms with E-state index in [0.717, 1.165) is 6.42 Å². The molecular weight excluding hydrogens is 388 g/mol. The van der Waals surface area contributed by atoms with Crippen LogP contribution in [0.15, 0.2) is 24.3 Å². The summed E-state index contributed by atoms with van der Waals surface area (Å²) in [5.74, 6) is -1.09. The first-order valence-corrected chi connectivity index (χ1v) is 10.3. The third-order valence-corrected chi connectivity index (χ3v) is 5.37. The number of piperidine rings is 1. The van der Waals surface area contributed by atoms with Gasteiger partial charge in [0.05, 0.1) is 19.1 Å². The molecule has 2 aliphatic heterocycles. The van der Waals surface area contributed by atoms with Crippen molar-refractivity contribution < 1.29 is 23.9 Å². The lowest BCUT2D eigenvalue weighted by Gasteiger charge is -2.32. The van der Waals surface area contributed by atoms with E-state index < -0.39 is 0 Å². The number of carbonyl (C=O) groups excluding carboxylic acids is 4. The van der Waals surface area contributed by atoms with E-state index in [0.29, 0.717) is 50.5 Å². The number of ether oxygens (including phenoxy) is 1. The fourth-order valence-corrected chi connectivity index (χ4v) is 3.78. The molecule has 30 heavy (non-hydrogen) atoms. The zero-order valence-corrected chi connectivity index (χ0v) is 17.4. The van der Waals surface area contributed by atoms with E-state index in [2.05, 4.69) is 5.32 Å². The third kappa shape index (κ3) is 4.90. The molecule has 1 aromatic carbocycles. The minimum atomic E-state index is -0.313. The summed E-state index contributed by atoms with van der Waals surface area (Å²) < 4.78 is 5.07. The molecular formula is C21H28N4O5. The van der Waals surface area contributed by atoms with Crippen molar-refractivity contribution in [2.24, 2.45) is 5.92 Å². The number of benzene rings is 1. The first-order valence-electron chi connectivity index (χ1n) is 10.3. The van der Waals surface area contributed by atoms with Gasteiger partial charge in [-0.3, -0.25) is 19.3 Å². The molecule has 2 saturated heterocycles. The van der Waals surface area contributed by atoms with Crippen LogP contribution in [-0.2, 0) is 14.3 Å². The summed E-state index contributed by atoms with van der Waals surface area (Å²) in [4.78, 5) is 54.0. The van der Waals surface area contributed by atoms with E-state index in [9.17, 15) is 19.2 Å². The van der Waals surface area contributed by atoms with Crippen molar-refractivity contribution in [1.82, 2.24) is 15.1 Å². The Morgan fingerprint density at radius 2 is 2.07 bits per heavy atom. The Labute approximate surface area is 175 Å². The number of anilines is 1. The van der Waals surface area contributed by atoms with Crippen molar-refractivity contribution >= 4 is 29.5 Å². The van der Waals surface area contributed by atoms with E-state index in [1.165, 1.54) is 4.90 Å². The van der Waals surface area contributed by atoms with Gasteiger partial charge in [-0.1, -0.05) is 6.07 Å². The molecule has 9 nitrogen and oxygen atoms in total. The Bertz CT molecular complexity index is 827. The van der Waals surface area contributed by atoms with Crippen LogP contribution in [0.3, 0.4) is 0 Å². The quantitative estimate of drug-likeness (QED) is 0.700. The minimum Gasteiger partial charge on any atom is -0.466 e. The molecule has 0 bridgehead atoms. The van der Waals surface area contributed by atoms with E-state index >= 15 is 0 Å². The highest BCUT2D eigenvalue weighted by Gasteiger charge is 2.30. The Hall–Kier alpha value is -3.10. The standard InChI is InChI=1S/C21H28N4O5/c1-3-30-20(28)16-7-5-10-24(13-16)18(26)14-23(2)19(27)15-6-4-8-17(12-15)25-11-9-22-21(25)29/h4,6,8,12,16H,3,5,7,9-11,13-14H2,1-2H3,(H,22,29). The van der Waals surface area contributed by atoms with Crippen molar-refractivity contribution in [3.8, 4) is 0 Å². The molecule has 1 atom stereocenters. The smallest absolute Gasteiger partial charge is 0.321 e. The highest BCUT2D eigenvalue weighted by atomic mass is 16.5. The molecule has 2 heterocycles. The molecule has 0 radical (unpaired) electrons. The topological polar surface area (TPSA) is 99.3 Å². The zero-order valence-electron chi connectivity index (χ0n) is 17.4. The number of hydrogen-bond donors (Lipinski definition) is 1. The normalized spacial score (nSPS) is 18.7. The fraction of sp³-hybridized carbons (Fsp3) is 0.524. The summed E-state index contributed by atoms with van der Waals surface area (Å²) >= 11 is 0. The monoisotopic (exact) mass is 416 g/mol. The fourth-order valence-electron chi connectivity index (χ4n) is 3.78. The summed E-state index contributed by atoms with van der Waals surface area (Å²) in [6.45, 7) is 3.99. The number of hydrogen-bond acceptors (Lipinski definition) is 5. The highest BCUT2D eigenvalue weighted by Crippen LogP contribution is 2.20. The highest BCUT2D eigenvalue weighted by molar-refractivity contribution is 5.99. The molecule has 2 fully saturated rings. The molecule has 1 aromatic rings. The number of likely N-dealkylation sites (tertiary alicyclic amines) is 1. The predicted molar refractivity (Wildman–Crippen MR) is 110 cm³/mol. The van der Waals surface area contributed by atoms with Crippen LogP contribution < -0.4 is 10.2 Å². The largest absolute Gasteiger partial charge is 0.466 e. The predicted octanol–water partition coefficient (Wildman–Crippen LogP) is 1.09. The van der Waals surface area contributed by atoms with Gasteiger partial charge < -0.3 is 19.9 Å². The minimum absolute atomic E-state index is 0.0805. The Morgan fingerprint density at radius 1 is 1.27 bits per heavy atom. The van der Waals surface area contributed by atoms with Gasteiger partial charge in [-0.2, -0.15) is 0 Å². The van der Waals surface area contributed by atoms with E-state index in [1.807, 2.05) is 0 Å². The second-order valence-electron chi connectivity index (χ2n) is 7.53. The first kappa shape index (κ1) is 21.6. The molecule has 0 saturated carbocycles. The molecule has 3 rings (SSSR count). The molecule has 4 amide bonds. The first-order chi connectivity index (χ1) is 14.4. The number of nitrogens with one attached hydrogen (secondary N) is 1. The number of likely N-dealkylation sites (N-methyl/N-ethyl adjacent to an activating group) is 1. The Kier molecular flexibility index (Phi) is 6.91. The summed E-state index contributed by atoms with van der Waals surface area (Å²) in [6.07, 6.45) is 1.43. The van der Waals surface area contributed by atoms with Crippen molar-refractivity contribution in [2.75, 3.05) is 51.3 Å². The van der Waals surface area contributed by atoms with Gasteiger partial charge in [-0.25, -0.2) is 4.79 Å². The van der Waals surface area contributed by atoms with Crippen molar-refractivity contribution in [3.05, 3.63) is 29.8 Å². The second kappa shape index (κ2) is 9.60. The van der Waals surface area contributed by atoms with Gasteiger partial charge in [0.1, 0.15) is 0 Å². The van der Waals surface area contributed by atoms with Gasteiger partial charge in [-0.05, 0) is 38.0 Å². The van der Waals surface area contributed by atoms with Crippen LogP contribution in [0.1, 0.15) is 30.1 Å². The van der Waals surface area contributed by atoms with Gasteiger partial charge in [0.15, 0.2) is 0 Å². The SMILES string of the molecule is CCOC(=O)C1CCCN(C(=O)CN(C)C(=O)c2cccc(N3CCNC3=O)c2)C1. The summed E-state index contributed by atoms with van der Waals surface area (Å²) in [5.41, 5.74) is 1.05. The lowest BCUT2D eigenvalue weighted by atomic mass is 9.98.